The summed E-state index contributed by atoms with van der Waals surface area (Å²) in [6.07, 6.45) is 4.05. The Balaban J connectivity index is 3.44. The Hall–Kier alpha value is -0.770. The molecule has 0 fully saturated rings. The first-order valence-electron chi connectivity index (χ1n) is 5.39. The normalized spacial score (nSPS) is 12.2. The third-order valence-electron chi connectivity index (χ3n) is 2.11. The van der Waals surface area contributed by atoms with Gasteiger partial charge in [-0.05, 0) is 12.8 Å². The van der Waals surface area contributed by atoms with E-state index >= 15 is 0 Å². The number of aliphatic hydroxyl groups is 1. The molecule has 0 aromatic carbocycles. The first kappa shape index (κ1) is 13.2. The van der Waals surface area contributed by atoms with Crippen molar-refractivity contribution in [1.82, 2.24) is 10.6 Å². The van der Waals surface area contributed by atoms with E-state index in [4.69, 9.17) is 5.11 Å². The monoisotopic (exact) mass is 202 g/mol. The highest BCUT2D eigenvalue weighted by Crippen LogP contribution is 1.91. The van der Waals surface area contributed by atoms with Crippen molar-refractivity contribution in [2.75, 3.05) is 13.2 Å². The lowest BCUT2D eigenvalue weighted by atomic mass is 10.2. The average molecular weight is 202 g/mol. The van der Waals surface area contributed by atoms with Gasteiger partial charge in [0.25, 0.3) is 0 Å². The minimum Gasteiger partial charge on any atom is -0.394 e. The largest absolute Gasteiger partial charge is 0.394 e. The molecule has 0 aromatic rings. The summed E-state index contributed by atoms with van der Waals surface area (Å²) in [5.74, 6) is 0. The fourth-order valence-electron chi connectivity index (χ4n) is 1.09. The molecular formula is C10H22N2O2. The van der Waals surface area contributed by atoms with E-state index in [9.17, 15) is 4.79 Å². The molecule has 4 nitrogen and oxygen atoms in total. The standard InChI is InChI=1S/C10H22N2O2/c1-3-5-6-7-11-10(14)12-9(4-2)8-13/h9,13H,3-8H2,1-2H3,(H2,11,12,14). The third-order valence-corrected chi connectivity index (χ3v) is 2.11. The summed E-state index contributed by atoms with van der Waals surface area (Å²) in [6, 6.07) is -0.303. The molecule has 3 N–H and O–H groups in total. The SMILES string of the molecule is CCCCCNC(=O)NC(CC)CO. The van der Waals surface area contributed by atoms with Crippen LogP contribution in [0, 0.1) is 0 Å². The molecule has 0 bridgehead atoms. The molecule has 0 aromatic heterocycles. The van der Waals surface area contributed by atoms with Gasteiger partial charge in [-0.3, -0.25) is 0 Å². The van der Waals surface area contributed by atoms with Crippen molar-refractivity contribution in [2.24, 2.45) is 0 Å². The van der Waals surface area contributed by atoms with Crippen LogP contribution in [0.15, 0.2) is 0 Å². The smallest absolute Gasteiger partial charge is 0.315 e. The molecule has 0 heterocycles. The Morgan fingerprint density at radius 2 is 2.07 bits per heavy atom. The number of hydrogen-bond acceptors (Lipinski definition) is 2. The number of carbonyl (C=O) groups is 1. The number of aliphatic hydroxyl groups excluding tert-OH is 1. The highest BCUT2D eigenvalue weighted by molar-refractivity contribution is 5.74. The molecule has 0 aliphatic heterocycles. The molecule has 84 valence electrons. The van der Waals surface area contributed by atoms with Gasteiger partial charge in [0, 0.05) is 6.54 Å². The van der Waals surface area contributed by atoms with Gasteiger partial charge in [-0.1, -0.05) is 26.7 Å². The number of rotatable bonds is 7. The van der Waals surface area contributed by atoms with Crippen LogP contribution < -0.4 is 10.6 Å². The maximum absolute atomic E-state index is 11.2. The van der Waals surface area contributed by atoms with Crippen molar-refractivity contribution in [2.45, 2.75) is 45.6 Å². The minimum atomic E-state index is -0.179. The Bertz CT molecular complexity index is 147. The van der Waals surface area contributed by atoms with Gasteiger partial charge >= 0.3 is 6.03 Å². The number of unbranched alkanes of at least 4 members (excludes halogenated alkanes) is 2. The van der Waals surface area contributed by atoms with E-state index in [0.29, 0.717) is 6.54 Å². The second-order valence-corrected chi connectivity index (χ2v) is 3.40. The van der Waals surface area contributed by atoms with E-state index in [2.05, 4.69) is 17.6 Å². The van der Waals surface area contributed by atoms with Crippen molar-refractivity contribution in [3.8, 4) is 0 Å². The van der Waals surface area contributed by atoms with E-state index in [1.54, 1.807) is 0 Å². The second-order valence-electron chi connectivity index (χ2n) is 3.40. The van der Waals surface area contributed by atoms with E-state index in [1.165, 1.54) is 0 Å². The maximum atomic E-state index is 11.2. The van der Waals surface area contributed by atoms with Crippen molar-refractivity contribution in [1.29, 1.82) is 0 Å². The lowest BCUT2D eigenvalue weighted by molar-refractivity contribution is 0.214. The Kier molecular flexibility index (Phi) is 8.33. The first-order valence-corrected chi connectivity index (χ1v) is 5.39. The van der Waals surface area contributed by atoms with Gasteiger partial charge in [0.1, 0.15) is 0 Å². The Morgan fingerprint density at radius 3 is 2.57 bits per heavy atom. The molecule has 1 atom stereocenters. The fraction of sp³-hybridized carbons (Fsp3) is 0.900. The molecular weight excluding hydrogens is 180 g/mol. The zero-order valence-electron chi connectivity index (χ0n) is 9.18. The van der Waals surface area contributed by atoms with Gasteiger partial charge in [-0.25, -0.2) is 4.79 Å². The highest BCUT2D eigenvalue weighted by atomic mass is 16.3. The number of carbonyl (C=O) groups excluding carboxylic acids is 1. The fourth-order valence-corrected chi connectivity index (χ4v) is 1.09. The summed E-state index contributed by atoms with van der Waals surface area (Å²) in [6.45, 7) is 4.76. The van der Waals surface area contributed by atoms with Crippen molar-refractivity contribution < 1.29 is 9.90 Å². The molecule has 0 rings (SSSR count). The van der Waals surface area contributed by atoms with Gasteiger partial charge in [-0.2, -0.15) is 0 Å². The lowest BCUT2D eigenvalue weighted by Crippen LogP contribution is -2.43. The molecule has 0 saturated heterocycles. The molecule has 0 saturated carbocycles. The molecule has 0 aliphatic carbocycles. The molecule has 4 heteroatoms. The third kappa shape index (κ3) is 6.71. The summed E-state index contributed by atoms with van der Waals surface area (Å²) in [4.78, 5) is 11.2. The highest BCUT2D eigenvalue weighted by Gasteiger charge is 2.07. The summed E-state index contributed by atoms with van der Waals surface area (Å²) >= 11 is 0. The van der Waals surface area contributed by atoms with Crippen molar-refractivity contribution >= 4 is 6.03 Å². The van der Waals surface area contributed by atoms with E-state index in [1.807, 2.05) is 6.92 Å². The van der Waals surface area contributed by atoms with Crippen molar-refractivity contribution in [3.05, 3.63) is 0 Å². The van der Waals surface area contributed by atoms with E-state index in [0.717, 1.165) is 25.7 Å². The predicted molar refractivity (Wildman–Crippen MR) is 57.2 cm³/mol. The Labute approximate surface area is 86.1 Å². The van der Waals surface area contributed by atoms with Gasteiger partial charge in [0.2, 0.25) is 0 Å². The number of hydrogen-bond donors (Lipinski definition) is 3. The molecule has 14 heavy (non-hydrogen) atoms. The lowest BCUT2D eigenvalue weighted by Gasteiger charge is -2.14. The molecule has 1 unspecified atom stereocenters. The van der Waals surface area contributed by atoms with Crippen LogP contribution in [0.25, 0.3) is 0 Å². The zero-order valence-corrected chi connectivity index (χ0v) is 9.18. The Morgan fingerprint density at radius 1 is 1.36 bits per heavy atom. The van der Waals surface area contributed by atoms with Gasteiger partial charge in [0.15, 0.2) is 0 Å². The summed E-state index contributed by atoms with van der Waals surface area (Å²) in [7, 11) is 0. The van der Waals surface area contributed by atoms with Crippen LogP contribution in [0.1, 0.15) is 39.5 Å². The van der Waals surface area contributed by atoms with Gasteiger partial charge < -0.3 is 15.7 Å². The maximum Gasteiger partial charge on any atom is 0.315 e. The topological polar surface area (TPSA) is 61.4 Å². The van der Waals surface area contributed by atoms with Crippen LogP contribution in [0.4, 0.5) is 4.79 Å². The molecule has 0 spiro atoms. The van der Waals surface area contributed by atoms with E-state index in [-0.39, 0.29) is 18.7 Å². The predicted octanol–water partition coefficient (Wildman–Crippen LogP) is 1.25. The molecule has 0 radical (unpaired) electrons. The van der Waals surface area contributed by atoms with Gasteiger partial charge in [-0.15, -0.1) is 0 Å². The van der Waals surface area contributed by atoms with Crippen LogP contribution in [0.2, 0.25) is 0 Å². The number of urea groups is 1. The molecule has 0 aliphatic rings. The van der Waals surface area contributed by atoms with Crippen molar-refractivity contribution in [3.63, 3.8) is 0 Å². The first-order chi connectivity index (χ1) is 6.74. The van der Waals surface area contributed by atoms with Crippen LogP contribution in [0.5, 0.6) is 0 Å². The second kappa shape index (κ2) is 8.81. The number of amides is 2. The van der Waals surface area contributed by atoms with Crippen LogP contribution in [-0.2, 0) is 0 Å². The quantitative estimate of drug-likeness (QED) is 0.544. The molecule has 2 amide bonds. The van der Waals surface area contributed by atoms with Gasteiger partial charge in [0.05, 0.1) is 12.6 Å². The van der Waals surface area contributed by atoms with Crippen LogP contribution in [-0.4, -0.2) is 30.3 Å². The number of nitrogens with one attached hydrogen (secondary N) is 2. The summed E-state index contributed by atoms with van der Waals surface area (Å²) in [5, 5.41) is 14.3. The van der Waals surface area contributed by atoms with Crippen LogP contribution in [0.3, 0.4) is 0 Å². The summed E-state index contributed by atoms with van der Waals surface area (Å²) < 4.78 is 0. The zero-order chi connectivity index (χ0) is 10.8. The van der Waals surface area contributed by atoms with Crippen LogP contribution >= 0.6 is 0 Å². The minimum absolute atomic E-state index is 0.00111. The van der Waals surface area contributed by atoms with E-state index < -0.39 is 0 Å². The average Bonchev–Trinajstić information content (AvgIpc) is 2.21. The summed E-state index contributed by atoms with van der Waals surface area (Å²) in [5.41, 5.74) is 0.